The fourth-order valence-electron chi connectivity index (χ4n) is 2.72. The number of rotatable bonds is 7. The van der Waals surface area contributed by atoms with Crippen molar-refractivity contribution >= 4 is 38.9 Å². The van der Waals surface area contributed by atoms with Crippen molar-refractivity contribution in [2.24, 2.45) is 0 Å². The zero-order valence-electron chi connectivity index (χ0n) is 16.2. The average Bonchev–Trinajstić information content (AvgIpc) is 3.25. The molecule has 9 nitrogen and oxygen atoms in total. The fourth-order valence-corrected chi connectivity index (χ4v) is 5.43. The fraction of sp³-hybridized carbons (Fsp3) is 0.353. The SMILES string of the molecule is Cc1ccc([C@H](Nc2c(NC3=CSC(S(=O)(=O)N(C)C)C3=O)c(=O)c2=O)C(F)(F)F)o1. The van der Waals surface area contributed by atoms with Gasteiger partial charge in [-0.1, -0.05) is 0 Å². The number of carbonyl (C=O) groups is 1. The van der Waals surface area contributed by atoms with Crippen LogP contribution in [0, 0.1) is 6.92 Å². The first kappa shape index (κ1) is 23.1. The van der Waals surface area contributed by atoms with Gasteiger partial charge in [0.15, 0.2) is 10.6 Å². The van der Waals surface area contributed by atoms with Gasteiger partial charge in [-0.2, -0.15) is 13.2 Å². The lowest BCUT2D eigenvalue weighted by molar-refractivity contribution is -0.147. The van der Waals surface area contributed by atoms with Crippen molar-refractivity contribution in [3.63, 3.8) is 0 Å². The Kier molecular flexibility index (Phi) is 5.84. The van der Waals surface area contributed by atoms with Crippen LogP contribution in [0.1, 0.15) is 17.6 Å². The number of allylic oxidation sites excluding steroid dienone is 1. The molecule has 1 aromatic carbocycles. The molecule has 0 spiro atoms. The number of hydrogen-bond acceptors (Lipinski definition) is 9. The Hall–Kier alpha value is -2.58. The molecular weight excluding hydrogens is 463 g/mol. The number of nitrogens with zero attached hydrogens (tertiary/aromatic N) is 1. The summed E-state index contributed by atoms with van der Waals surface area (Å²) in [7, 11) is -1.51. The molecule has 168 valence electrons. The highest BCUT2D eigenvalue weighted by Gasteiger charge is 2.45. The lowest BCUT2D eigenvalue weighted by atomic mass is 10.1. The minimum atomic E-state index is -4.87. The van der Waals surface area contributed by atoms with Crippen molar-refractivity contribution in [1.29, 1.82) is 0 Å². The number of thioether (sulfide) groups is 1. The summed E-state index contributed by atoms with van der Waals surface area (Å²) in [5.41, 5.74) is -3.93. The third-order valence-corrected chi connectivity index (χ3v) is 8.07. The molecule has 2 atom stereocenters. The van der Waals surface area contributed by atoms with E-state index < -0.39 is 60.6 Å². The third-order valence-electron chi connectivity index (χ3n) is 4.40. The van der Waals surface area contributed by atoms with Gasteiger partial charge in [-0.25, -0.2) is 12.7 Å². The molecule has 1 aromatic heterocycles. The van der Waals surface area contributed by atoms with Crippen LogP contribution in [0.2, 0.25) is 0 Å². The molecule has 0 fully saturated rings. The van der Waals surface area contributed by atoms with Crippen molar-refractivity contribution in [2.75, 3.05) is 24.7 Å². The Morgan fingerprint density at radius 3 is 2.26 bits per heavy atom. The predicted molar refractivity (Wildman–Crippen MR) is 108 cm³/mol. The molecule has 0 radical (unpaired) electrons. The molecule has 0 amide bonds. The molecule has 2 aromatic rings. The predicted octanol–water partition coefficient (Wildman–Crippen LogP) is 1.69. The van der Waals surface area contributed by atoms with E-state index in [0.29, 0.717) is 11.8 Å². The molecule has 2 heterocycles. The minimum absolute atomic E-state index is 0.210. The number of ketones is 1. The molecule has 0 bridgehead atoms. The van der Waals surface area contributed by atoms with Crippen LogP contribution in [-0.2, 0) is 14.8 Å². The molecule has 1 aliphatic heterocycles. The Bertz CT molecular complexity index is 1240. The minimum Gasteiger partial charge on any atom is -0.464 e. The molecule has 1 unspecified atom stereocenters. The summed E-state index contributed by atoms with van der Waals surface area (Å²) in [6, 6.07) is -0.0357. The van der Waals surface area contributed by atoms with E-state index >= 15 is 0 Å². The van der Waals surface area contributed by atoms with Crippen LogP contribution in [0.5, 0.6) is 0 Å². The Labute approximate surface area is 178 Å². The molecule has 14 heteroatoms. The second kappa shape index (κ2) is 7.84. The van der Waals surface area contributed by atoms with Gasteiger partial charge in [0.1, 0.15) is 22.9 Å². The summed E-state index contributed by atoms with van der Waals surface area (Å²) in [6.07, 6.45) is -4.87. The number of carbonyl (C=O) groups excluding carboxylic acids is 1. The Morgan fingerprint density at radius 1 is 1.13 bits per heavy atom. The van der Waals surface area contributed by atoms with Gasteiger partial charge in [-0.3, -0.25) is 14.4 Å². The molecule has 3 rings (SSSR count). The van der Waals surface area contributed by atoms with Gasteiger partial charge in [0, 0.05) is 14.1 Å². The summed E-state index contributed by atoms with van der Waals surface area (Å²) in [5, 5.41) is 5.40. The van der Waals surface area contributed by atoms with Crippen LogP contribution in [-0.4, -0.2) is 43.4 Å². The summed E-state index contributed by atoms with van der Waals surface area (Å²) >= 11 is 0.654. The second-order valence-electron chi connectivity index (χ2n) is 6.79. The van der Waals surface area contributed by atoms with Crippen LogP contribution in [0.4, 0.5) is 24.5 Å². The van der Waals surface area contributed by atoms with Gasteiger partial charge in [0.25, 0.3) is 10.9 Å². The van der Waals surface area contributed by atoms with Crippen molar-refractivity contribution in [1.82, 2.24) is 4.31 Å². The topological polar surface area (TPSA) is 126 Å². The number of halogens is 3. The zero-order chi connectivity index (χ0) is 23.3. The standard InChI is InChI=1S/C17H16F3N3O6S2/c1-7-4-5-9(29-7)15(17(18,19)20)22-11-10(13(25)14(11)26)21-8-6-30-16(12(8)24)31(27,28)23(2)3/h4-6,15-16,21-22H,1-3H3/t15-,16?/m0/s1. The van der Waals surface area contributed by atoms with Crippen LogP contribution in [0.15, 0.2) is 37.2 Å². The van der Waals surface area contributed by atoms with Gasteiger partial charge >= 0.3 is 6.18 Å². The van der Waals surface area contributed by atoms with E-state index in [1.54, 1.807) is 0 Å². The van der Waals surface area contributed by atoms with E-state index in [1.165, 1.54) is 27.1 Å². The van der Waals surface area contributed by atoms with E-state index in [-0.39, 0.29) is 11.5 Å². The molecule has 0 aliphatic carbocycles. The zero-order valence-corrected chi connectivity index (χ0v) is 17.9. The molecule has 31 heavy (non-hydrogen) atoms. The van der Waals surface area contributed by atoms with Gasteiger partial charge in [-0.15, -0.1) is 11.8 Å². The Balaban J connectivity index is 1.87. The lowest BCUT2D eigenvalue weighted by Crippen LogP contribution is -2.41. The number of nitrogens with one attached hydrogen (secondary N) is 2. The monoisotopic (exact) mass is 479 g/mol. The highest BCUT2D eigenvalue weighted by molar-refractivity contribution is 8.16. The van der Waals surface area contributed by atoms with Crippen molar-refractivity contribution in [2.45, 2.75) is 23.7 Å². The van der Waals surface area contributed by atoms with Crippen molar-refractivity contribution in [3.8, 4) is 0 Å². The molecule has 1 aliphatic rings. The van der Waals surface area contributed by atoms with E-state index in [9.17, 15) is 36.0 Å². The maximum atomic E-state index is 13.5. The van der Waals surface area contributed by atoms with Gasteiger partial charge in [0.05, 0.1) is 5.70 Å². The first-order valence-electron chi connectivity index (χ1n) is 8.56. The number of hydrogen-bond donors (Lipinski definition) is 2. The lowest BCUT2D eigenvalue weighted by Gasteiger charge is -2.23. The summed E-state index contributed by atoms with van der Waals surface area (Å²) in [4.78, 5) is 36.3. The highest BCUT2D eigenvalue weighted by Crippen LogP contribution is 2.38. The van der Waals surface area contributed by atoms with Gasteiger partial charge in [0.2, 0.25) is 15.8 Å². The van der Waals surface area contributed by atoms with E-state index in [2.05, 4.69) is 5.32 Å². The van der Waals surface area contributed by atoms with E-state index in [4.69, 9.17) is 4.42 Å². The number of sulfonamides is 1. The molecule has 0 saturated heterocycles. The highest BCUT2D eigenvalue weighted by atomic mass is 32.3. The Morgan fingerprint density at radius 2 is 1.74 bits per heavy atom. The summed E-state index contributed by atoms with van der Waals surface area (Å²) < 4.78 is 69.3. The molecular formula is C17H16F3N3O6S2. The maximum absolute atomic E-state index is 13.5. The quantitative estimate of drug-likeness (QED) is 0.571. The van der Waals surface area contributed by atoms with Crippen molar-refractivity contribution < 1.29 is 30.8 Å². The van der Waals surface area contributed by atoms with Crippen LogP contribution in [0.25, 0.3) is 0 Å². The largest absolute Gasteiger partial charge is 0.464 e. The van der Waals surface area contributed by atoms with Crippen LogP contribution >= 0.6 is 11.8 Å². The molecule has 0 saturated carbocycles. The first-order valence-corrected chi connectivity index (χ1v) is 11.0. The first-order chi connectivity index (χ1) is 14.2. The maximum Gasteiger partial charge on any atom is 0.415 e. The molecule has 2 N–H and O–H groups in total. The van der Waals surface area contributed by atoms with E-state index in [0.717, 1.165) is 15.8 Å². The third kappa shape index (κ3) is 4.14. The van der Waals surface area contributed by atoms with Gasteiger partial charge < -0.3 is 15.1 Å². The number of furan rings is 1. The summed E-state index contributed by atoms with van der Waals surface area (Å²) in [6.45, 7) is 1.44. The number of aryl methyl sites for hydroxylation is 1. The van der Waals surface area contributed by atoms with Crippen LogP contribution in [0.3, 0.4) is 0 Å². The number of Topliss-reactive ketones (excluding diaryl/α,β-unsaturated/α-hetero) is 1. The van der Waals surface area contributed by atoms with Crippen LogP contribution < -0.4 is 21.5 Å². The summed E-state index contributed by atoms with van der Waals surface area (Å²) in [5.74, 6) is -1.21. The van der Waals surface area contributed by atoms with Crippen molar-refractivity contribution in [3.05, 3.63) is 55.2 Å². The number of anilines is 2. The average molecular weight is 479 g/mol. The van der Waals surface area contributed by atoms with Gasteiger partial charge in [-0.05, 0) is 24.5 Å². The second-order valence-corrected chi connectivity index (χ2v) is 10.3. The number of alkyl halides is 3. The smallest absolute Gasteiger partial charge is 0.415 e. The van der Waals surface area contributed by atoms with E-state index in [1.807, 2.05) is 5.32 Å². The normalized spacial score (nSPS) is 18.5.